The smallest absolute Gasteiger partial charge is 0.408 e. The Labute approximate surface area is 368 Å². The van der Waals surface area contributed by atoms with E-state index >= 15 is 0 Å². The third kappa shape index (κ3) is 14.4. The van der Waals surface area contributed by atoms with Gasteiger partial charge in [-0.15, -0.1) is 0 Å². The first kappa shape index (κ1) is 44.9. The molecule has 0 unspecified atom stereocenters. The summed E-state index contributed by atoms with van der Waals surface area (Å²) >= 11 is 0. The Morgan fingerprint density at radius 3 is 1.29 bits per heavy atom. The molecule has 326 valence electrons. The molecule has 6 aromatic rings. The van der Waals surface area contributed by atoms with E-state index in [0.717, 1.165) is 33.4 Å². The summed E-state index contributed by atoms with van der Waals surface area (Å²) in [6, 6.07) is 56.5. The molecule has 1 aliphatic heterocycles. The molecule has 0 aliphatic carbocycles. The van der Waals surface area contributed by atoms with E-state index in [1.807, 2.05) is 182 Å². The van der Waals surface area contributed by atoms with Crippen LogP contribution in [0.15, 0.2) is 182 Å². The normalized spacial score (nSPS) is 18.8. The molecule has 6 atom stereocenters. The van der Waals surface area contributed by atoms with Crippen LogP contribution in [0.2, 0.25) is 0 Å². The van der Waals surface area contributed by atoms with E-state index in [0.29, 0.717) is 6.61 Å². The van der Waals surface area contributed by atoms with Crippen molar-refractivity contribution in [2.24, 2.45) is 0 Å². The fourth-order valence-electron chi connectivity index (χ4n) is 6.98. The molecule has 0 radical (unpaired) electrons. The van der Waals surface area contributed by atoms with Gasteiger partial charge in [0.1, 0.15) is 37.6 Å². The third-order valence-corrected chi connectivity index (χ3v) is 10.3. The molecule has 11 nitrogen and oxygen atoms in total. The number of alkyl carbamates (subject to hydrolysis) is 1. The first-order chi connectivity index (χ1) is 31.1. The first-order valence-corrected chi connectivity index (χ1v) is 21.1. The van der Waals surface area contributed by atoms with E-state index in [4.69, 9.17) is 37.9 Å². The maximum atomic E-state index is 13.8. The quantitative estimate of drug-likeness (QED) is 0.0665. The number of nitrogens with one attached hydrogen (secondary N) is 1. The summed E-state index contributed by atoms with van der Waals surface area (Å²) in [6.45, 7) is 0.733. The highest BCUT2D eigenvalue weighted by Gasteiger charge is 2.49. The second-order valence-electron chi connectivity index (χ2n) is 15.0. The standard InChI is InChI=1S/C52H53NO10/c54-50(60-35-43-27-15-5-16-28-43)45(53-52(55)62-36-44-29-17-6-18-30-44)37-61-51-49(59-34-42-25-13-4-14-26-42)48(58-33-41-23-11-3-12-24-41)47(57-32-40-21-9-2-10-22-40)46(63-51)38-56-31-39-19-7-1-8-20-39/h1-30,45-49,51H,31-38H2,(H,53,55)/t45-,46+,47+,48-,49+,51-/m0/s1. The van der Waals surface area contributed by atoms with Gasteiger partial charge in [0.25, 0.3) is 0 Å². The highest BCUT2D eigenvalue weighted by atomic mass is 16.7. The van der Waals surface area contributed by atoms with Crippen LogP contribution in [0.3, 0.4) is 0 Å². The molecule has 1 heterocycles. The Kier molecular flexibility index (Phi) is 17.4. The number of benzene rings is 6. The maximum Gasteiger partial charge on any atom is 0.408 e. The van der Waals surface area contributed by atoms with E-state index in [1.54, 1.807) is 0 Å². The van der Waals surface area contributed by atoms with Gasteiger partial charge in [0.2, 0.25) is 0 Å². The first-order valence-electron chi connectivity index (χ1n) is 21.1. The number of ether oxygens (including phenoxy) is 8. The number of rotatable bonds is 22. The molecule has 1 fully saturated rings. The topological polar surface area (TPSA) is 120 Å². The minimum atomic E-state index is -1.29. The lowest BCUT2D eigenvalue weighted by atomic mass is 9.97. The molecule has 1 N–H and O–H groups in total. The molecule has 0 bridgehead atoms. The van der Waals surface area contributed by atoms with Crippen LogP contribution in [-0.4, -0.2) is 62.0 Å². The Morgan fingerprint density at radius 2 is 0.825 bits per heavy atom. The number of carbonyl (C=O) groups excluding carboxylic acids is 2. The largest absolute Gasteiger partial charge is 0.459 e. The SMILES string of the molecule is O=C(N[C@@H](CO[C@H]1O[C@H](COCc2ccccc2)[C@@H](OCc2ccccc2)[C@H](OCc2ccccc2)[C@H]1OCc1ccccc1)C(=O)OCc1ccccc1)OCc1ccccc1. The van der Waals surface area contributed by atoms with Crippen LogP contribution in [-0.2, 0) is 82.3 Å². The number of carbonyl (C=O) groups is 2. The van der Waals surface area contributed by atoms with Gasteiger partial charge in [0.15, 0.2) is 12.3 Å². The van der Waals surface area contributed by atoms with E-state index in [2.05, 4.69) is 5.32 Å². The molecular formula is C52H53NO10. The minimum Gasteiger partial charge on any atom is -0.459 e. The summed E-state index contributed by atoms with van der Waals surface area (Å²) < 4.78 is 51.2. The van der Waals surface area contributed by atoms with E-state index in [1.165, 1.54) is 0 Å². The summed E-state index contributed by atoms with van der Waals surface area (Å²) in [6.07, 6.45) is -5.06. The van der Waals surface area contributed by atoms with Crippen molar-refractivity contribution in [3.05, 3.63) is 215 Å². The summed E-state index contributed by atoms with van der Waals surface area (Å²) in [7, 11) is 0. The second kappa shape index (κ2) is 24.5. The zero-order valence-electron chi connectivity index (χ0n) is 35.0. The molecule has 1 saturated heterocycles. The Hall–Kier alpha value is -6.18. The van der Waals surface area contributed by atoms with Crippen molar-refractivity contribution in [1.82, 2.24) is 5.32 Å². The van der Waals surface area contributed by atoms with Crippen LogP contribution >= 0.6 is 0 Å². The minimum absolute atomic E-state index is 0.00405. The fourth-order valence-corrected chi connectivity index (χ4v) is 6.98. The lowest BCUT2D eigenvalue weighted by Gasteiger charge is -2.46. The molecule has 7 rings (SSSR count). The second-order valence-corrected chi connectivity index (χ2v) is 15.0. The summed E-state index contributed by atoms with van der Waals surface area (Å²) in [5.74, 6) is -0.725. The molecule has 6 aromatic carbocycles. The Bertz CT molecular complexity index is 2200. The van der Waals surface area contributed by atoms with E-state index in [9.17, 15) is 9.59 Å². The van der Waals surface area contributed by atoms with Crippen molar-refractivity contribution in [2.75, 3.05) is 13.2 Å². The summed E-state index contributed by atoms with van der Waals surface area (Å²) in [5, 5.41) is 2.67. The average molecular weight is 852 g/mol. The van der Waals surface area contributed by atoms with Gasteiger partial charge < -0.3 is 43.2 Å². The third-order valence-electron chi connectivity index (χ3n) is 10.3. The van der Waals surface area contributed by atoms with Crippen molar-refractivity contribution in [2.45, 2.75) is 76.4 Å². The molecule has 11 heteroatoms. The molecule has 0 spiro atoms. The lowest BCUT2D eigenvalue weighted by molar-refractivity contribution is -0.329. The molecule has 1 aliphatic rings. The van der Waals surface area contributed by atoms with Crippen LogP contribution in [0, 0.1) is 0 Å². The summed E-state index contributed by atoms with van der Waals surface area (Å²) in [5.41, 5.74) is 5.38. The van der Waals surface area contributed by atoms with Crippen molar-refractivity contribution >= 4 is 12.1 Å². The van der Waals surface area contributed by atoms with Crippen molar-refractivity contribution < 1.29 is 47.5 Å². The van der Waals surface area contributed by atoms with Crippen LogP contribution < -0.4 is 5.32 Å². The van der Waals surface area contributed by atoms with E-state index in [-0.39, 0.29) is 46.2 Å². The molecule has 0 saturated carbocycles. The number of esters is 1. The van der Waals surface area contributed by atoms with Crippen LogP contribution in [0.5, 0.6) is 0 Å². The van der Waals surface area contributed by atoms with Crippen LogP contribution in [0.25, 0.3) is 0 Å². The zero-order chi connectivity index (χ0) is 43.3. The molecule has 63 heavy (non-hydrogen) atoms. The van der Waals surface area contributed by atoms with Gasteiger partial charge in [0, 0.05) is 0 Å². The fraction of sp³-hybridized carbons (Fsp3) is 0.269. The van der Waals surface area contributed by atoms with Crippen LogP contribution in [0.1, 0.15) is 33.4 Å². The highest BCUT2D eigenvalue weighted by Crippen LogP contribution is 2.32. The van der Waals surface area contributed by atoms with Gasteiger partial charge in [-0.05, 0) is 33.4 Å². The molecule has 0 aromatic heterocycles. The lowest BCUT2D eigenvalue weighted by Crippen LogP contribution is -2.62. The Balaban J connectivity index is 1.17. The average Bonchev–Trinajstić information content (AvgIpc) is 3.34. The summed E-state index contributed by atoms with van der Waals surface area (Å²) in [4.78, 5) is 27.1. The van der Waals surface area contributed by atoms with Gasteiger partial charge in [0.05, 0.1) is 39.6 Å². The van der Waals surface area contributed by atoms with Gasteiger partial charge in [-0.2, -0.15) is 0 Å². The van der Waals surface area contributed by atoms with Crippen molar-refractivity contribution in [3.63, 3.8) is 0 Å². The van der Waals surface area contributed by atoms with Gasteiger partial charge in [-0.1, -0.05) is 182 Å². The zero-order valence-corrected chi connectivity index (χ0v) is 35.0. The molecular weight excluding hydrogens is 799 g/mol. The Morgan fingerprint density at radius 1 is 0.444 bits per heavy atom. The predicted molar refractivity (Wildman–Crippen MR) is 236 cm³/mol. The maximum absolute atomic E-state index is 13.8. The number of hydrogen-bond donors (Lipinski definition) is 1. The van der Waals surface area contributed by atoms with Crippen LogP contribution in [0.4, 0.5) is 4.79 Å². The number of amides is 1. The van der Waals surface area contributed by atoms with E-state index < -0.39 is 48.8 Å². The monoisotopic (exact) mass is 851 g/mol. The predicted octanol–water partition coefficient (Wildman–Crippen LogP) is 8.74. The van der Waals surface area contributed by atoms with Crippen molar-refractivity contribution in [1.29, 1.82) is 0 Å². The molecule has 1 amide bonds. The van der Waals surface area contributed by atoms with Crippen molar-refractivity contribution in [3.8, 4) is 0 Å². The number of hydrogen-bond acceptors (Lipinski definition) is 10. The van der Waals surface area contributed by atoms with Gasteiger partial charge in [-0.3, -0.25) is 0 Å². The van der Waals surface area contributed by atoms with Gasteiger partial charge in [-0.25, -0.2) is 9.59 Å². The van der Waals surface area contributed by atoms with Gasteiger partial charge >= 0.3 is 12.1 Å². The highest BCUT2D eigenvalue weighted by molar-refractivity contribution is 5.81.